The summed E-state index contributed by atoms with van der Waals surface area (Å²) >= 11 is 0. The lowest BCUT2D eigenvalue weighted by molar-refractivity contribution is 0.00578. The van der Waals surface area contributed by atoms with E-state index in [9.17, 15) is 0 Å². The van der Waals surface area contributed by atoms with Crippen molar-refractivity contribution in [3.05, 3.63) is 17.8 Å². The van der Waals surface area contributed by atoms with E-state index in [0.717, 1.165) is 43.0 Å². The van der Waals surface area contributed by atoms with E-state index in [0.29, 0.717) is 0 Å². The quantitative estimate of drug-likeness (QED) is 0.566. The molecule has 0 bridgehead atoms. The molecule has 1 saturated heterocycles. The number of nitrogens with zero attached hydrogens (tertiary/aromatic N) is 2. The van der Waals surface area contributed by atoms with Crippen LogP contribution >= 0.6 is 0 Å². The molecule has 1 aromatic heterocycles. The summed E-state index contributed by atoms with van der Waals surface area (Å²) in [6, 6.07) is 2.10. The highest BCUT2D eigenvalue weighted by Gasteiger charge is 2.52. The predicted molar refractivity (Wildman–Crippen MR) is 99.1 cm³/mol. The third-order valence-corrected chi connectivity index (χ3v) is 5.02. The fourth-order valence-electron chi connectivity index (χ4n) is 2.64. The van der Waals surface area contributed by atoms with Gasteiger partial charge in [0.1, 0.15) is 5.82 Å². The lowest BCUT2D eigenvalue weighted by atomic mass is 9.77. The van der Waals surface area contributed by atoms with Crippen LogP contribution in [0.2, 0.25) is 0 Å². The van der Waals surface area contributed by atoms with Crippen molar-refractivity contribution in [2.24, 2.45) is 0 Å². The Morgan fingerprint density at radius 3 is 2.38 bits per heavy atom. The first-order valence-electron chi connectivity index (χ1n) is 8.79. The van der Waals surface area contributed by atoms with Crippen LogP contribution in [0, 0.1) is 6.92 Å². The van der Waals surface area contributed by atoms with Gasteiger partial charge in [-0.1, -0.05) is 0 Å². The molecule has 24 heavy (non-hydrogen) atoms. The fraction of sp³-hybridized carbons (Fsp3) is 0.722. The summed E-state index contributed by atoms with van der Waals surface area (Å²) in [6.07, 6.45) is 2.87. The first-order chi connectivity index (χ1) is 11.2. The molecule has 0 radical (unpaired) electrons. The van der Waals surface area contributed by atoms with Crippen molar-refractivity contribution in [3.8, 4) is 0 Å². The van der Waals surface area contributed by atoms with Gasteiger partial charge in [-0.05, 0) is 59.6 Å². The molecule has 1 aliphatic heterocycles. The molecule has 6 heteroatoms. The van der Waals surface area contributed by atoms with Crippen molar-refractivity contribution in [3.63, 3.8) is 0 Å². The van der Waals surface area contributed by atoms with Crippen LogP contribution in [0.5, 0.6) is 0 Å². The molecule has 2 rings (SSSR count). The summed E-state index contributed by atoms with van der Waals surface area (Å²) < 4.78 is 17.7. The Morgan fingerprint density at radius 1 is 1.21 bits per heavy atom. The van der Waals surface area contributed by atoms with Gasteiger partial charge in [0.15, 0.2) is 0 Å². The van der Waals surface area contributed by atoms with Crippen molar-refractivity contribution in [2.45, 2.75) is 59.2 Å². The number of pyridine rings is 1. The van der Waals surface area contributed by atoms with E-state index >= 15 is 0 Å². The highest BCUT2D eigenvalue weighted by Crippen LogP contribution is 2.36. The van der Waals surface area contributed by atoms with E-state index in [2.05, 4.69) is 57.6 Å². The maximum Gasteiger partial charge on any atom is 0.496 e. The average Bonchev–Trinajstić information content (AvgIpc) is 2.71. The van der Waals surface area contributed by atoms with Gasteiger partial charge in [-0.3, -0.25) is 0 Å². The van der Waals surface area contributed by atoms with Crippen molar-refractivity contribution >= 4 is 18.4 Å². The van der Waals surface area contributed by atoms with E-state index in [1.54, 1.807) is 0 Å². The summed E-state index contributed by atoms with van der Waals surface area (Å²) in [5.74, 6) is 0.962. The number of aryl methyl sites for hydroxylation is 1. The number of aromatic nitrogens is 1. The zero-order valence-corrected chi connectivity index (χ0v) is 16.2. The highest BCUT2D eigenvalue weighted by atomic mass is 16.7. The van der Waals surface area contributed by atoms with Crippen LogP contribution in [0.1, 0.15) is 46.6 Å². The van der Waals surface area contributed by atoms with Gasteiger partial charge >= 0.3 is 7.12 Å². The number of hydrogen-bond acceptors (Lipinski definition) is 5. The number of anilines is 1. The van der Waals surface area contributed by atoms with Crippen LogP contribution in [0.4, 0.5) is 5.82 Å². The topological polar surface area (TPSA) is 43.8 Å². The maximum absolute atomic E-state index is 6.13. The zero-order valence-electron chi connectivity index (χ0n) is 16.2. The molecular formula is C18H31BN2O3. The molecular weight excluding hydrogens is 303 g/mol. The summed E-state index contributed by atoms with van der Waals surface area (Å²) in [5, 5.41) is 0. The van der Waals surface area contributed by atoms with Crippen LogP contribution < -0.4 is 10.4 Å². The monoisotopic (exact) mass is 334 g/mol. The van der Waals surface area contributed by atoms with Crippen LogP contribution in [-0.2, 0) is 14.0 Å². The second-order valence-corrected chi connectivity index (χ2v) is 7.46. The summed E-state index contributed by atoms with van der Waals surface area (Å²) in [6.45, 7) is 14.8. The number of rotatable bonds is 7. The minimum atomic E-state index is -0.361. The fourth-order valence-corrected chi connectivity index (χ4v) is 2.64. The van der Waals surface area contributed by atoms with Gasteiger partial charge in [0.25, 0.3) is 0 Å². The zero-order chi connectivity index (χ0) is 18.0. The summed E-state index contributed by atoms with van der Waals surface area (Å²) in [5.41, 5.74) is 1.47. The van der Waals surface area contributed by atoms with E-state index in [-0.39, 0.29) is 18.3 Å². The molecule has 2 heterocycles. The van der Waals surface area contributed by atoms with Gasteiger partial charge in [0, 0.05) is 38.5 Å². The summed E-state index contributed by atoms with van der Waals surface area (Å²) in [7, 11) is 1.70. The van der Waals surface area contributed by atoms with Gasteiger partial charge in [0.2, 0.25) is 0 Å². The third kappa shape index (κ3) is 4.10. The van der Waals surface area contributed by atoms with Crippen LogP contribution in [0.25, 0.3) is 0 Å². The Kier molecular flexibility index (Phi) is 5.94. The van der Waals surface area contributed by atoms with E-state index in [1.807, 2.05) is 13.1 Å². The maximum atomic E-state index is 6.13. The SMILES string of the molecule is CCOCCCN(C)c1cc(C)c(B2OC(C)(C)C(C)(C)O2)cn1. The Morgan fingerprint density at radius 2 is 1.83 bits per heavy atom. The van der Waals surface area contributed by atoms with Gasteiger partial charge in [-0.25, -0.2) is 4.98 Å². The molecule has 1 aromatic rings. The predicted octanol–water partition coefficient (Wildman–Crippen LogP) is 2.55. The first kappa shape index (κ1) is 19.2. The average molecular weight is 334 g/mol. The second-order valence-electron chi connectivity index (χ2n) is 7.46. The second kappa shape index (κ2) is 7.42. The Bertz CT molecular complexity index is 547. The Labute approximate surface area is 146 Å². The van der Waals surface area contributed by atoms with Crippen molar-refractivity contribution in [2.75, 3.05) is 31.7 Å². The number of hydrogen-bond donors (Lipinski definition) is 0. The first-order valence-corrected chi connectivity index (χ1v) is 8.79. The van der Waals surface area contributed by atoms with Crippen LogP contribution in [0.15, 0.2) is 12.3 Å². The molecule has 0 N–H and O–H groups in total. The minimum absolute atomic E-state index is 0.334. The standard InChI is InChI=1S/C18H31BN2O3/c1-8-22-11-9-10-21(7)16-12-14(2)15(13-20-16)19-23-17(3,4)18(5,6)24-19/h12-13H,8-11H2,1-7H3. The molecule has 1 fully saturated rings. The van der Waals surface area contributed by atoms with Gasteiger partial charge < -0.3 is 18.9 Å². The smallest absolute Gasteiger partial charge is 0.399 e. The van der Waals surface area contributed by atoms with Crippen molar-refractivity contribution in [1.29, 1.82) is 0 Å². The normalized spacial score (nSPS) is 18.9. The Hall–Kier alpha value is -1.11. The molecule has 1 aliphatic rings. The lowest BCUT2D eigenvalue weighted by Crippen LogP contribution is -2.41. The van der Waals surface area contributed by atoms with Gasteiger partial charge in [-0.15, -0.1) is 0 Å². The van der Waals surface area contributed by atoms with E-state index < -0.39 is 0 Å². The Balaban J connectivity index is 2.05. The highest BCUT2D eigenvalue weighted by molar-refractivity contribution is 6.62. The van der Waals surface area contributed by atoms with Gasteiger partial charge in [0.05, 0.1) is 11.2 Å². The van der Waals surface area contributed by atoms with E-state index in [1.165, 1.54) is 0 Å². The van der Waals surface area contributed by atoms with Gasteiger partial charge in [-0.2, -0.15) is 0 Å². The minimum Gasteiger partial charge on any atom is -0.399 e. The molecule has 5 nitrogen and oxygen atoms in total. The molecule has 134 valence electrons. The molecule has 0 unspecified atom stereocenters. The lowest BCUT2D eigenvalue weighted by Gasteiger charge is -2.32. The molecule has 0 aliphatic carbocycles. The molecule has 0 saturated carbocycles. The van der Waals surface area contributed by atoms with Crippen LogP contribution in [0.3, 0.4) is 0 Å². The molecule has 0 spiro atoms. The van der Waals surface area contributed by atoms with E-state index in [4.69, 9.17) is 14.0 Å². The van der Waals surface area contributed by atoms with Crippen molar-refractivity contribution in [1.82, 2.24) is 4.98 Å². The molecule has 0 atom stereocenters. The molecule has 0 amide bonds. The third-order valence-electron chi connectivity index (χ3n) is 5.02. The van der Waals surface area contributed by atoms with Crippen molar-refractivity contribution < 1.29 is 14.0 Å². The largest absolute Gasteiger partial charge is 0.496 e. The number of ether oxygens (including phenoxy) is 1. The van der Waals surface area contributed by atoms with Crippen LogP contribution in [-0.4, -0.2) is 50.1 Å². The molecule has 0 aromatic carbocycles. The summed E-state index contributed by atoms with van der Waals surface area (Å²) in [4.78, 5) is 6.76.